The van der Waals surface area contributed by atoms with Crippen molar-refractivity contribution in [3.63, 3.8) is 0 Å². The Morgan fingerprint density at radius 3 is 2.60 bits per heavy atom. The first-order valence-electron chi connectivity index (χ1n) is 10.4. The molecule has 8 heteroatoms. The van der Waals surface area contributed by atoms with Crippen molar-refractivity contribution in [2.24, 2.45) is 5.92 Å². The molecule has 3 heterocycles. The number of benzene rings is 1. The van der Waals surface area contributed by atoms with Crippen LogP contribution in [0.2, 0.25) is 0 Å². The fourth-order valence-corrected chi connectivity index (χ4v) is 5.67. The summed E-state index contributed by atoms with van der Waals surface area (Å²) in [7, 11) is -2.87. The number of hydrogen-bond donors (Lipinski definition) is 1. The number of aromatic nitrogens is 3. The zero-order valence-electron chi connectivity index (χ0n) is 16.6. The van der Waals surface area contributed by atoms with Crippen molar-refractivity contribution in [3.05, 3.63) is 53.9 Å². The lowest BCUT2D eigenvalue weighted by molar-refractivity contribution is -0.119. The first-order chi connectivity index (χ1) is 14.5. The molecule has 7 nitrogen and oxygen atoms in total. The van der Waals surface area contributed by atoms with E-state index < -0.39 is 9.84 Å². The molecule has 2 aliphatic rings. The van der Waals surface area contributed by atoms with Crippen LogP contribution in [0.25, 0.3) is 16.9 Å². The van der Waals surface area contributed by atoms with Crippen LogP contribution < -0.4 is 5.32 Å². The minimum Gasteiger partial charge on any atom is -0.309 e. The highest BCUT2D eigenvalue weighted by molar-refractivity contribution is 7.91. The predicted octanol–water partition coefficient (Wildman–Crippen LogP) is 2.19. The van der Waals surface area contributed by atoms with Crippen molar-refractivity contribution in [2.45, 2.75) is 38.3 Å². The third-order valence-corrected chi connectivity index (χ3v) is 7.61. The molecule has 5 rings (SSSR count). The zero-order chi connectivity index (χ0) is 20.7. The van der Waals surface area contributed by atoms with E-state index in [-0.39, 0.29) is 29.2 Å². The van der Waals surface area contributed by atoms with E-state index in [0.29, 0.717) is 25.2 Å². The fraction of sp³-hybridized carbons (Fsp3) is 0.409. The molecule has 0 amide bonds. The molecular formula is C22H24N4O3S. The van der Waals surface area contributed by atoms with Gasteiger partial charge >= 0.3 is 0 Å². The van der Waals surface area contributed by atoms with Crippen molar-refractivity contribution >= 4 is 21.3 Å². The summed E-state index contributed by atoms with van der Waals surface area (Å²) in [4.78, 5) is 16.6. The van der Waals surface area contributed by atoms with Gasteiger partial charge in [0.05, 0.1) is 23.6 Å². The van der Waals surface area contributed by atoms with Crippen LogP contribution >= 0.6 is 0 Å². The molecule has 1 N–H and O–H groups in total. The number of hydrogen-bond acceptors (Lipinski definition) is 6. The van der Waals surface area contributed by atoms with Crippen molar-refractivity contribution in [1.29, 1.82) is 0 Å². The van der Waals surface area contributed by atoms with Crippen molar-refractivity contribution < 1.29 is 13.2 Å². The summed E-state index contributed by atoms with van der Waals surface area (Å²) in [6.45, 7) is 0.640. The van der Waals surface area contributed by atoms with Gasteiger partial charge in [0.2, 0.25) is 0 Å². The van der Waals surface area contributed by atoms with Crippen LogP contribution in [0.15, 0.2) is 42.5 Å². The second-order valence-corrected chi connectivity index (χ2v) is 10.5. The molecular weight excluding hydrogens is 400 g/mol. The summed E-state index contributed by atoms with van der Waals surface area (Å²) >= 11 is 0. The number of ketones is 1. The largest absolute Gasteiger partial charge is 0.309 e. The van der Waals surface area contributed by atoms with Crippen LogP contribution in [0.1, 0.15) is 30.7 Å². The Labute approximate surface area is 175 Å². The molecule has 30 heavy (non-hydrogen) atoms. The fourth-order valence-electron chi connectivity index (χ4n) is 3.96. The molecule has 2 fully saturated rings. The van der Waals surface area contributed by atoms with Gasteiger partial charge in [0, 0.05) is 24.1 Å². The smallest absolute Gasteiger partial charge is 0.159 e. The average Bonchev–Trinajstić information content (AvgIpc) is 3.41. The van der Waals surface area contributed by atoms with E-state index in [2.05, 4.69) is 15.4 Å². The third kappa shape index (κ3) is 4.15. The lowest BCUT2D eigenvalue weighted by atomic mass is 10.1. The minimum atomic E-state index is -2.87. The number of rotatable bonds is 7. The van der Waals surface area contributed by atoms with Gasteiger partial charge in [-0.1, -0.05) is 30.3 Å². The van der Waals surface area contributed by atoms with Crippen LogP contribution in [0.3, 0.4) is 0 Å². The third-order valence-electron chi connectivity index (χ3n) is 5.85. The van der Waals surface area contributed by atoms with Gasteiger partial charge in [-0.05, 0) is 37.0 Å². The number of Topliss-reactive ketones (excluding diaryl/α,β-unsaturated/α-hetero) is 1. The Morgan fingerprint density at radius 1 is 1.10 bits per heavy atom. The van der Waals surface area contributed by atoms with Crippen LogP contribution in [0.5, 0.6) is 0 Å². The van der Waals surface area contributed by atoms with Gasteiger partial charge in [-0.25, -0.2) is 17.9 Å². The molecule has 1 aliphatic heterocycles. The lowest BCUT2D eigenvalue weighted by Gasteiger charge is -2.11. The monoisotopic (exact) mass is 424 g/mol. The summed E-state index contributed by atoms with van der Waals surface area (Å²) in [5.41, 5.74) is 3.77. The molecule has 0 bridgehead atoms. The summed E-state index contributed by atoms with van der Waals surface area (Å²) < 4.78 is 25.0. The molecule has 1 saturated heterocycles. The second-order valence-electron chi connectivity index (χ2n) is 8.30. The van der Waals surface area contributed by atoms with Gasteiger partial charge in [0.15, 0.2) is 21.3 Å². The molecule has 1 atom stereocenters. The van der Waals surface area contributed by atoms with Gasteiger partial charge in [-0.2, -0.15) is 5.10 Å². The van der Waals surface area contributed by atoms with E-state index >= 15 is 0 Å². The standard InChI is InChI=1S/C22H24N4O3S/c27-20(17-8-9-17)12-21-24-22-3-1-2-19(26(22)25-21)16-6-4-15(5-7-16)13-23-18-10-11-30(28,29)14-18/h1-7,17-18,23H,8-14H2. The van der Waals surface area contributed by atoms with Crippen LogP contribution in [0, 0.1) is 5.92 Å². The number of carbonyl (C=O) groups excluding carboxylic acids is 1. The Bertz CT molecular complexity index is 1200. The average molecular weight is 425 g/mol. The lowest BCUT2D eigenvalue weighted by Crippen LogP contribution is -2.29. The maximum Gasteiger partial charge on any atom is 0.159 e. The van der Waals surface area contributed by atoms with E-state index in [1.54, 1.807) is 4.52 Å². The topological polar surface area (TPSA) is 93.4 Å². The first-order valence-corrected chi connectivity index (χ1v) is 12.2. The van der Waals surface area contributed by atoms with Crippen molar-refractivity contribution in [1.82, 2.24) is 19.9 Å². The zero-order valence-corrected chi connectivity index (χ0v) is 17.4. The highest BCUT2D eigenvalue weighted by Crippen LogP contribution is 2.30. The van der Waals surface area contributed by atoms with Gasteiger partial charge in [0.1, 0.15) is 5.78 Å². The predicted molar refractivity (Wildman–Crippen MR) is 114 cm³/mol. The number of carbonyl (C=O) groups is 1. The highest BCUT2D eigenvalue weighted by Gasteiger charge is 2.30. The maximum absolute atomic E-state index is 12.1. The molecule has 156 valence electrons. The number of fused-ring (bicyclic) bond motifs is 1. The normalized spacial score (nSPS) is 20.6. The molecule has 1 aromatic carbocycles. The van der Waals surface area contributed by atoms with Crippen LogP contribution in [-0.2, 0) is 27.6 Å². The first kappa shape index (κ1) is 19.4. The van der Waals surface area contributed by atoms with Crippen molar-refractivity contribution in [3.8, 4) is 11.3 Å². The van der Waals surface area contributed by atoms with Crippen LogP contribution in [0.4, 0.5) is 0 Å². The molecule has 1 saturated carbocycles. The summed E-state index contributed by atoms with van der Waals surface area (Å²) in [5, 5.41) is 7.92. The number of nitrogens with zero attached hydrogens (tertiary/aromatic N) is 3. The highest BCUT2D eigenvalue weighted by atomic mass is 32.2. The quantitative estimate of drug-likeness (QED) is 0.625. The summed E-state index contributed by atoms with van der Waals surface area (Å²) in [6.07, 6.45) is 2.97. The van der Waals surface area contributed by atoms with Gasteiger partial charge in [0.25, 0.3) is 0 Å². The van der Waals surface area contributed by atoms with Gasteiger partial charge in [-0.15, -0.1) is 0 Å². The van der Waals surface area contributed by atoms with E-state index in [1.165, 1.54) is 0 Å². The number of sulfone groups is 1. The SMILES string of the molecule is O=C(Cc1nc2cccc(-c3ccc(CNC4CCS(=O)(=O)C4)cc3)n2n1)C1CC1. The molecule has 0 radical (unpaired) electrons. The van der Waals surface area contributed by atoms with Crippen LogP contribution in [-0.4, -0.2) is 46.3 Å². The Kier molecular flexibility index (Phi) is 4.91. The molecule has 1 unspecified atom stereocenters. The summed E-state index contributed by atoms with van der Waals surface area (Å²) in [5.74, 6) is 1.53. The minimum absolute atomic E-state index is 0.0374. The Hall–Kier alpha value is -2.58. The maximum atomic E-state index is 12.1. The summed E-state index contributed by atoms with van der Waals surface area (Å²) in [6, 6.07) is 14.0. The van der Waals surface area contributed by atoms with E-state index in [9.17, 15) is 13.2 Å². The van der Waals surface area contributed by atoms with Gasteiger partial charge < -0.3 is 5.32 Å². The molecule has 3 aromatic rings. The Morgan fingerprint density at radius 2 is 1.90 bits per heavy atom. The number of pyridine rings is 1. The van der Waals surface area contributed by atoms with Crippen molar-refractivity contribution in [2.75, 3.05) is 11.5 Å². The van der Waals surface area contributed by atoms with E-state index in [4.69, 9.17) is 0 Å². The molecule has 2 aromatic heterocycles. The van der Waals surface area contributed by atoms with E-state index in [1.807, 2.05) is 42.5 Å². The molecule has 0 spiro atoms. The Balaban J connectivity index is 1.31. The number of nitrogens with one attached hydrogen (secondary N) is 1. The molecule has 1 aliphatic carbocycles. The van der Waals surface area contributed by atoms with E-state index in [0.717, 1.165) is 35.3 Å². The second kappa shape index (κ2) is 7.59. The van der Waals surface area contributed by atoms with Gasteiger partial charge in [-0.3, -0.25) is 4.79 Å².